The zero-order valence-corrected chi connectivity index (χ0v) is 20.1. The molecule has 2 amide bonds. The molecule has 0 saturated carbocycles. The van der Waals surface area contributed by atoms with Crippen LogP contribution in [0.4, 0.5) is 10.1 Å². The third kappa shape index (κ3) is 5.19. The number of rotatable bonds is 7. The first-order valence-corrected chi connectivity index (χ1v) is 11.8. The maximum Gasteiger partial charge on any atom is 0.227 e. The number of benzene rings is 2. The summed E-state index contributed by atoms with van der Waals surface area (Å²) >= 11 is 6.38. The van der Waals surface area contributed by atoms with Crippen molar-refractivity contribution in [2.45, 2.75) is 25.5 Å². The zero-order chi connectivity index (χ0) is 24.2. The molecule has 182 valence electrons. The number of ether oxygens (including phenoxy) is 2. The van der Waals surface area contributed by atoms with Crippen LogP contribution in [0.25, 0.3) is 0 Å². The van der Waals surface area contributed by atoms with Gasteiger partial charge in [-0.3, -0.25) is 14.5 Å². The normalized spacial score (nSPS) is 22.0. The van der Waals surface area contributed by atoms with E-state index in [1.165, 1.54) is 6.07 Å². The fourth-order valence-electron chi connectivity index (χ4n) is 4.68. The molecule has 0 radical (unpaired) electrons. The lowest BCUT2D eigenvalue weighted by Gasteiger charge is -2.38. The fraction of sp³-hybridized carbons (Fsp3) is 0.440. The van der Waals surface area contributed by atoms with E-state index in [4.69, 9.17) is 21.1 Å². The van der Waals surface area contributed by atoms with Crippen LogP contribution in [0.2, 0.25) is 5.02 Å². The summed E-state index contributed by atoms with van der Waals surface area (Å²) in [6.07, 6.45) is 0.0863. The minimum Gasteiger partial charge on any atom is -0.495 e. The number of hydrogen-bond donors (Lipinski definition) is 1. The maximum absolute atomic E-state index is 14.8. The van der Waals surface area contributed by atoms with Crippen LogP contribution >= 0.6 is 11.6 Å². The number of anilines is 1. The van der Waals surface area contributed by atoms with E-state index in [2.05, 4.69) is 10.2 Å². The van der Waals surface area contributed by atoms with Crippen LogP contribution in [0.3, 0.4) is 0 Å². The molecule has 9 heteroatoms. The highest BCUT2D eigenvalue weighted by Gasteiger charge is 2.37. The summed E-state index contributed by atoms with van der Waals surface area (Å²) in [7, 11) is 1.55. The third-order valence-corrected chi connectivity index (χ3v) is 6.72. The molecule has 3 atom stereocenters. The third-order valence-electron chi connectivity index (χ3n) is 6.39. The fourth-order valence-corrected chi connectivity index (χ4v) is 4.97. The molecular weight excluding hydrogens is 461 g/mol. The first-order chi connectivity index (χ1) is 16.4. The van der Waals surface area contributed by atoms with Crippen LogP contribution in [0.15, 0.2) is 42.5 Å². The summed E-state index contributed by atoms with van der Waals surface area (Å²) in [4.78, 5) is 29.4. The molecular formula is C25H29ClFN3O4. The van der Waals surface area contributed by atoms with Crippen molar-refractivity contribution in [2.24, 2.45) is 5.92 Å². The van der Waals surface area contributed by atoms with Gasteiger partial charge in [0.1, 0.15) is 11.6 Å². The molecule has 2 aromatic rings. The van der Waals surface area contributed by atoms with Crippen LogP contribution in [-0.4, -0.2) is 62.7 Å². The van der Waals surface area contributed by atoms with Gasteiger partial charge in [-0.25, -0.2) is 4.39 Å². The van der Waals surface area contributed by atoms with Gasteiger partial charge in [0.05, 0.1) is 37.5 Å². The van der Waals surface area contributed by atoms with Crippen molar-refractivity contribution in [3.05, 3.63) is 58.9 Å². The Morgan fingerprint density at radius 2 is 2.06 bits per heavy atom. The second-order valence-electron chi connectivity index (χ2n) is 8.65. The Balaban J connectivity index is 1.48. The Bertz CT molecular complexity index is 1030. The van der Waals surface area contributed by atoms with E-state index in [-0.39, 0.29) is 37.4 Å². The van der Waals surface area contributed by atoms with Crippen molar-refractivity contribution in [1.29, 1.82) is 0 Å². The minimum absolute atomic E-state index is 0.0145. The smallest absolute Gasteiger partial charge is 0.227 e. The van der Waals surface area contributed by atoms with Gasteiger partial charge in [0, 0.05) is 43.2 Å². The Morgan fingerprint density at radius 3 is 2.79 bits per heavy atom. The van der Waals surface area contributed by atoms with Gasteiger partial charge in [-0.1, -0.05) is 29.8 Å². The van der Waals surface area contributed by atoms with Crippen LogP contribution in [0.5, 0.6) is 5.75 Å². The number of carbonyl (C=O) groups excluding carboxylic acids is 2. The Morgan fingerprint density at radius 1 is 1.26 bits per heavy atom. The number of methoxy groups -OCH3 is 1. The number of nitrogens with one attached hydrogen (secondary N) is 1. The largest absolute Gasteiger partial charge is 0.495 e. The molecule has 0 aliphatic carbocycles. The van der Waals surface area contributed by atoms with Gasteiger partial charge >= 0.3 is 0 Å². The number of carbonyl (C=O) groups is 2. The SMILES string of the molecule is COc1ccccc1N1CC(C(=O)NCC(c2c(F)cccc2Cl)N2CCOC(C)C2)CC1=O. The van der Waals surface area contributed by atoms with Crippen LogP contribution < -0.4 is 15.0 Å². The van der Waals surface area contributed by atoms with E-state index in [9.17, 15) is 14.0 Å². The van der Waals surface area contributed by atoms with E-state index in [1.54, 1.807) is 36.3 Å². The second kappa shape index (κ2) is 10.7. The molecule has 0 aromatic heterocycles. The van der Waals surface area contributed by atoms with Gasteiger partial charge in [0.2, 0.25) is 11.8 Å². The molecule has 2 heterocycles. The number of halogens is 2. The van der Waals surface area contributed by atoms with Crippen LogP contribution in [0.1, 0.15) is 24.9 Å². The molecule has 7 nitrogen and oxygen atoms in total. The number of nitrogens with zero attached hydrogens (tertiary/aromatic N) is 2. The van der Waals surface area contributed by atoms with Crippen molar-refractivity contribution >= 4 is 29.1 Å². The highest BCUT2D eigenvalue weighted by molar-refractivity contribution is 6.31. The lowest BCUT2D eigenvalue weighted by atomic mass is 10.0. The zero-order valence-electron chi connectivity index (χ0n) is 19.3. The molecule has 2 aliphatic rings. The first-order valence-electron chi connectivity index (χ1n) is 11.4. The van der Waals surface area contributed by atoms with E-state index in [1.807, 2.05) is 19.1 Å². The van der Waals surface area contributed by atoms with Gasteiger partial charge in [-0.15, -0.1) is 0 Å². The Hall–Kier alpha value is -2.68. The number of para-hydroxylation sites is 2. The van der Waals surface area contributed by atoms with Gasteiger partial charge in [0.15, 0.2) is 0 Å². The predicted octanol–water partition coefficient (Wildman–Crippen LogP) is 3.42. The molecule has 0 bridgehead atoms. The van der Waals surface area contributed by atoms with E-state index in [0.29, 0.717) is 41.7 Å². The maximum atomic E-state index is 14.8. The summed E-state index contributed by atoms with van der Waals surface area (Å²) in [6.45, 7) is 4.09. The summed E-state index contributed by atoms with van der Waals surface area (Å²) in [5, 5.41) is 3.27. The topological polar surface area (TPSA) is 71.1 Å². The predicted molar refractivity (Wildman–Crippen MR) is 128 cm³/mol. The Labute approximate surface area is 203 Å². The molecule has 2 saturated heterocycles. The molecule has 4 rings (SSSR count). The number of amides is 2. The Kier molecular flexibility index (Phi) is 7.70. The minimum atomic E-state index is -0.516. The molecule has 3 unspecified atom stereocenters. The van der Waals surface area contributed by atoms with Crippen molar-refractivity contribution in [3.63, 3.8) is 0 Å². The quantitative estimate of drug-likeness (QED) is 0.645. The average Bonchev–Trinajstić information content (AvgIpc) is 3.22. The van der Waals surface area contributed by atoms with Crippen LogP contribution in [-0.2, 0) is 14.3 Å². The van der Waals surface area contributed by atoms with Crippen molar-refractivity contribution in [3.8, 4) is 5.75 Å². The first kappa shape index (κ1) is 24.4. The average molecular weight is 490 g/mol. The van der Waals surface area contributed by atoms with E-state index >= 15 is 0 Å². The van der Waals surface area contributed by atoms with Gasteiger partial charge in [0.25, 0.3) is 0 Å². The van der Waals surface area contributed by atoms with Gasteiger partial charge in [-0.05, 0) is 31.2 Å². The summed E-state index contributed by atoms with van der Waals surface area (Å²) < 4.78 is 25.8. The van der Waals surface area contributed by atoms with Crippen molar-refractivity contribution in [2.75, 3.05) is 44.8 Å². The molecule has 2 aliphatic heterocycles. The van der Waals surface area contributed by atoms with Crippen molar-refractivity contribution < 1.29 is 23.5 Å². The summed E-state index contributed by atoms with van der Waals surface area (Å²) in [5.41, 5.74) is 1.00. The highest BCUT2D eigenvalue weighted by Crippen LogP contribution is 2.34. The molecule has 34 heavy (non-hydrogen) atoms. The van der Waals surface area contributed by atoms with E-state index < -0.39 is 17.8 Å². The lowest BCUT2D eigenvalue weighted by molar-refractivity contribution is -0.126. The molecule has 0 spiro atoms. The number of hydrogen-bond acceptors (Lipinski definition) is 5. The molecule has 2 aromatic carbocycles. The summed E-state index contributed by atoms with van der Waals surface area (Å²) in [5.74, 6) is -0.737. The van der Waals surface area contributed by atoms with Gasteiger partial charge in [-0.2, -0.15) is 0 Å². The standard InChI is InChI=1S/C25H29ClFN3O4/c1-16-14-29(10-11-34-16)21(24-18(26)6-5-7-19(24)27)13-28-25(32)17-12-23(31)30(15-17)20-8-3-4-9-22(20)33-2/h3-9,16-17,21H,10-15H2,1-2H3,(H,28,32). The highest BCUT2D eigenvalue weighted by atomic mass is 35.5. The van der Waals surface area contributed by atoms with Crippen molar-refractivity contribution in [1.82, 2.24) is 10.2 Å². The van der Waals surface area contributed by atoms with Gasteiger partial charge < -0.3 is 19.7 Å². The lowest BCUT2D eigenvalue weighted by Crippen LogP contribution is -2.47. The summed E-state index contributed by atoms with van der Waals surface area (Å²) in [6, 6.07) is 11.4. The number of morpholine rings is 1. The monoisotopic (exact) mass is 489 g/mol. The molecule has 2 fully saturated rings. The van der Waals surface area contributed by atoms with E-state index in [0.717, 1.165) is 0 Å². The second-order valence-corrected chi connectivity index (χ2v) is 9.06. The molecule has 1 N–H and O–H groups in total. The van der Waals surface area contributed by atoms with Crippen LogP contribution in [0, 0.1) is 11.7 Å².